The third-order valence-corrected chi connectivity index (χ3v) is 8.32. The summed E-state index contributed by atoms with van der Waals surface area (Å²) in [7, 11) is -3.72. The molecule has 10 nitrogen and oxygen atoms in total. The lowest BCUT2D eigenvalue weighted by atomic mass is 10.2. The van der Waals surface area contributed by atoms with Crippen LogP contribution in [0.25, 0.3) is 21.9 Å². The highest BCUT2D eigenvalue weighted by Crippen LogP contribution is 2.25. The van der Waals surface area contributed by atoms with Gasteiger partial charge in [-0.3, -0.25) is 14.2 Å². The second-order valence-electron chi connectivity index (χ2n) is 8.02. The molecule has 12 heteroatoms. The van der Waals surface area contributed by atoms with Gasteiger partial charge < -0.3 is 14.9 Å². The Balaban J connectivity index is 1.25. The largest absolute Gasteiger partial charge is 0.345 e. The first-order valence-corrected chi connectivity index (χ1v) is 12.6. The molecule has 0 bridgehead atoms. The fraction of sp³-hybridized carbons (Fsp3) is 0.273. The lowest BCUT2D eigenvalue weighted by molar-refractivity contribution is -0.132. The van der Waals surface area contributed by atoms with Gasteiger partial charge >= 0.3 is 0 Å². The Morgan fingerprint density at radius 3 is 2.59 bits per heavy atom. The number of nitrogens with one attached hydrogen (secondary N) is 2. The van der Waals surface area contributed by atoms with Gasteiger partial charge in [-0.15, -0.1) is 0 Å². The van der Waals surface area contributed by atoms with Gasteiger partial charge in [0.25, 0.3) is 5.56 Å². The number of para-hydroxylation sites is 1. The number of H-pyrrole nitrogens is 2. The van der Waals surface area contributed by atoms with Crippen LogP contribution in [0.1, 0.15) is 6.42 Å². The third kappa shape index (κ3) is 3.93. The van der Waals surface area contributed by atoms with E-state index in [0.29, 0.717) is 21.9 Å². The summed E-state index contributed by atoms with van der Waals surface area (Å²) in [6.07, 6.45) is 3.14. The van der Waals surface area contributed by atoms with Crippen LogP contribution in [0.15, 0.2) is 58.5 Å². The first-order valence-electron chi connectivity index (χ1n) is 10.8. The summed E-state index contributed by atoms with van der Waals surface area (Å²) in [4.78, 5) is 37.4. The molecule has 34 heavy (non-hydrogen) atoms. The topological polar surface area (TPSA) is 124 Å². The fourth-order valence-electron chi connectivity index (χ4n) is 4.23. The van der Waals surface area contributed by atoms with Crippen molar-refractivity contribution in [3.63, 3.8) is 0 Å². The summed E-state index contributed by atoms with van der Waals surface area (Å²) < 4.78 is 29.3. The van der Waals surface area contributed by atoms with Crippen molar-refractivity contribution in [3.05, 3.63) is 63.9 Å². The molecule has 1 aliphatic rings. The minimum absolute atomic E-state index is 0.0938. The molecule has 4 heterocycles. The number of carbonyl (C=O) groups excluding carboxylic acids is 1. The summed E-state index contributed by atoms with van der Waals surface area (Å²) in [5.74, 6) is -0.150. The van der Waals surface area contributed by atoms with Crippen molar-refractivity contribution in [2.24, 2.45) is 0 Å². The second kappa shape index (κ2) is 8.78. The molecule has 0 unspecified atom stereocenters. The number of piperazine rings is 1. The molecule has 5 rings (SSSR count). The van der Waals surface area contributed by atoms with E-state index in [2.05, 4.69) is 15.0 Å². The first kappa shape index (κ1) is 22.4. The van der Waals surface area contributed by atoms with E-state index in [9.17, 15) is 18.0 Å². The van der Waals surface area contributed by atoms with Crippen molar-refractivity contribution in [2.45, 2.75) is 17.9 Å². The van der Waals surface area contributed by atoms with Crippen LogP contribution in [-0.4, -0.2) is 69.2 Å². The summed E-state index contributed by atoms with van der Waals surface area (Å²) in [5, 5.41) is 1.05. The number of aromatic nitrogens is 4. The Hall–Kier alpha value is -3.35. The lowest BCUT2D eigenvalue weighted by Crippen LogP contribution is -2.50. The van der Waals surface area contributed by atoms with Crippen LogP contribution < -0.4 is 5.56 Å². The number of sulfonamides is 1. The third-order valence-electron chi connectivity index (χ3n) is 6.06. The Morgan fingerprint density at radius 2 is 1.79 bits per heavy atom. The molecule has 1 aliphatic heterocycles. The molecular weight excluding hydrogens is 476 g/mol. The summed E-state index contributed by atoms with van der Waals surface area (Å²) in [6.45, 7) is 1.09. The number of carbonyl (C=O) groups is 1. The zero-order chi connectivity index (χ0) is 23.9. The number of aromatic amines is 2. The molecule has 0 radical (unpaired) electrons. The monoisotopic (exact) mass is 498 g/mol. The number of nitrogens with zero attached hydrogens (tertiary/aromatic N) is 4. The first-order chi connectivity index (χ1) is 16.4. The summed E-state index contributed by atoms with van der Waals surface area (Å²) in [5.41, 5.74) is 0.928. The van der Waals surface area contributed by atoms with Crippen LogP contribution in [0.3, 0.4) is 0 Å². The molecular formula is C22H22N6O4S2. The molecule has 2 N–H and O–H groups in total. The van der Waals surface area contributed by atoms with E-state index in [-0.39, 0.29) is 60.3 Å². The average molecular weight is 499 g/mol. The standard InChI is InChI=1S/C22H22N6O4S2/c29-19(7-9-28-21(30)15-4-1-2-6-17(15)25-22(28)33)26-10-12-27(13-11-26)34(31,32)18-14-24-20-16(18)5-3-8-23-20/h1-6,8,14H,7,9-13H2,(H,23,24)(H,25,33). The molecule has 1 fully saturated rings. The van der Waals surface area contributed by atoms with E-state index < -0.39 is 10.0 Å². The maximum Gasteiger partial charge on any atom is 0.262 e. The van der Waals surface area contributed by atoms with E-state index >= 15 is 0 Å². The van der Waals surface area contributed by atoms with Crippen molar-refractivity contribution in [1.82, 2.24) is 28.7 Å². The van der Waals surface area contributed by atoms with Crippen LogP contribution in [-0.2, 0) is 21.4 Å². The van der Waals surface area contributed by atoms with Gasteiger partial charge in [0.05, 0.1) is 10.9 Å². The SMILES string of the molecule is O=C(CCn1c(=S)[nH]c2ccccc2c1=O)N1CCN(S(=O)(=O)c2c[nH]c3ncccc23)CC1. The van der Waals surface area contributed by atoms with Gasteiger partial charge in [-0.1, -0.05) is 12.1 Å². The maximum absolute atomic E-state index is 13.2. The van der Waals surface area contributed by atoms with Crippen LogP contribution in [0.5, 0.6) is 0 Å². The second-order valence-corrected chi connectivity index (χ2v) is 10.3. The zero-order valence-electron chi connectivity index (χ0n) is 18.1. The molecule has 176 valence electrons. The van der Waals surface area contributed by atoms with E-state index in [0.717, 1.165) is 0 Å². The van der Waals surface area contributed by atoms with Gasteiger partial charge in [-0.05, 0) is 36.5 Å². The Morgan fingerprint density at radius 1 is 1.06 bits per heavy atom. The lowest BCUT2D eigenvalue weighted by Gasteiger charge is -2.34. The Labute approximate surface area is 199 Å². The number of pyridine rings is 1. The number of hydrogen-bond donors (Lipinski definition) is 2. The molecule has 4 aromatic rings. The van der Waals surface area contributed by atoms with Gasteiger partial charge in [0.2, 0.25) is 15.9 Å². The fourth-order valence-corrected chi connectivity index (χ4v) is 6.09. The van der Waals surface area contributed by atoms with Crippen LogP contribution in [0, 0.1) is 4.77 Å². The number of amides is 1. The Bertz CT molecular complexity index is 1610. The quantitative estimate of drug-likeness (QED) is 0.405. The van der Waals surface area contributed by atoms with Gasteiger partial charge in [-0.25, -0.2) is 13.4 Å². The zero-order valence-corrected chi connectivity index (χ0v) is 19.7. The average Bonchev–Trinajstić information content (AvgIpc) is 3.29. The van der Waals surface area contributed by atoms with Crippen molar-refractivity contribution < 1.29 is 13.2 Å². The number of hydrogen-bond acceptors (Lipinski definition) is 6. The van der Waals surface area contributed by atoms with Crippen molar-refractivity contribution in [3.8, 4) is 0 Å². The van der Waals surface area contributed by atoms with Gasteiger partial charge in [-0.2, -0.15) is 4.31 Å². The molecule has 1 amide bonds. The van der Waals surface area contributed by atoms with Gasteiger partial charge in [0.15, 0.2) is 4.77 Å². The maximum atomic E-state index is 13.2. The predicted molar refractivity (Wildman–Crippen MR) is 129 cm³/mol. The predicted octanol–water partition coefficient (Wildman–Crippen LogP) is 1.86. The van der Waals surface area contributed by atoms with Crippen molar-refractivity contribution in [2.75, 3.05) is 26.2 Å². The van der Waals surface area contributed by atoms with E-state index in [1.807, 2.05) is 6.07 Å². The van der Waals surface area contributed by atoms with Gasteiger partial charge in [0, 0.05) is 56.9 Å². The van der Waals surface area contributed by atoms with E-state index in [4.69, 9.17) is 12.2 Å². The number of benzene rings is 1. The van der Waals surface area contributed by atoms with Crippen molar-refractivity contribution in [1.29, 1.82) is 0 Å². The molecule has 0 aliphatic carbocycles. The highest BCUT2D eigenvalue weighted by molar-refractivity contribution is 7.89. The summed E-state index contributed by atoms with van der Waals surface area (Å²) in [6, 6.07) is 10.5. The molecule has 1 saturated heterocycles. The smallest absolute Gasteiger partial charge is 0.262 e. The molecule has 0 spiro atoms. The molecule has 1 aromatic carbocycles. The van der Waals surface area contributed by atoms with E-state index in [1.165, 1.54) is 15.1 Å². The Kier molecular flexibility index (Phi) is 5.80. The number of rotatable bonds is 5. The highest BCUT2D eigenvalue weighted by atomic mass is 32.2. The van der Waals surface area contributed by atoms with Crippen molar-refractivity contribution >= 4 is 50.1 Å². The highest BCUT2D eigenvalue weighted by Gasteiger charge is 2.31. The minimum atomic E-state index is -3.72. The van der Waals surface area contributed by atoms with Gasteiger partial charge in [0.1, 0.15) is 10.5 Å². The summed E-state index contributed by atoms with van der Waals surface area (Å²) >= 11 is 5.31. The van der Waals surface area contributed by atoms with Crippen LogP contribution >= 0.6 is 12.2 Å². The molecule has 3 aromatic heterocycles. The number of fused-ring (bicyclic) bond motifs is 2. The minimum Gasteiger partial charge on any atom is -0.345 e. The van der Waals surface area contributed by atoms with E-state index in [1.54, 1.807) is 41.4 Å². The van der Waals surface area contributed by atoms with Crippen LogP contribution in [0.4, 0.5) is 0 Å². The van der Waals surface area contributed by atoms with Crippen LogP contribution in [0.2, 0.25) is 0 Å². The molecule has 0 saturated carbocycles. The normalized spacial score (nSPS) is 15.2. The molecule has 0 atom stereocenters.